The molecule has 0 saturated heterocycles. The van der Waals surface area contributed by atoms with Crippen molar-refractivity contribution in [1.29, 1.82) is 0 Å². The fourth-order valence-corrected chi connectivity index (χ4v) is 5.90. The minimum absolute atomic E-state index is 0.586. The molecule has 4 heteroatoms. The van der Waals surface area contributed by atoms with E-state index >= 15 is 0 Å². The van der Waals surface area contributed by atoms with Crippen LogP contribution in [0.5, 0.6) is 0 Å². The van der Waals surface area contributed by atoms with Crippen LogP contribution in [0, 0.1) is 5.92 Å². The van der Waals surface area contributed by atoms with Crippen molar-refractivity contribution in [1.82, 2.24) is 9.97 Å². The third kappa shape index (κ3) is 3.47. The first-order valence-corrected chi connectivity index (χ1v) is 10.9. The predicted molar refractivity (Wildman–Crippen MR) is 109 cm³/mol. The van der Waals surface area contributed by atoms with Gasteiger partial charge < -0.3 is 0 Å². The van der Waals surface area contributed by atoms with Crippen LogP contribution in [0.1, 0.15) is 54.7 Å². The van der Waals surface area contributed by atoms with Crippen LogP contribution in [0.25, 0.3) is 10.2 Å². The fraction of sp³-hybridized carbons (Fsp3) is 0.429. The van der Waals surface area contributed by atoms with Crippen LogP contribution in [0.2, 0.25) is 0 Å². The van der Waals surface area contributed by atoms with Crippen LogP contribution in [-0.4, -0.2) is 9.97 Å². The molecule has 2 heterocycles. The van der Waals surface area contributed by atoms with E-state index in [4.69, 9.17) is 0 Å². The minimum atomic E-state index is 0.586. The normalized spacial score (nSPS) is 17.2. The molecule has 0 radical (unpaired) electrons. The van der Waals surface area contributed by atoms with Gasteiger partial charge in [0.1, 0.15) is 16.2 Å². The number of thiophene rings is 1. The molecule has 130 valence electrons. The van der Waals surface area contributed by atoms with Gasteiger partial charge in [-0.2, -0.15) is 0 Å². The Bertz CT molecular complexity index is 881. The summed E-state index contributed by atoms with van der Waals surface area (Å²) in [5, 5.41) is 2.49. The lowest BCUT2D eigenvalue weighted by Crippen LogP contribution is -2.08. The average molecular weight is 369 g/mol. The first kappa shape index (κ1) is 17.0. The Balaban J connectivity index is 1.59. The Morgan fingerprint density at radius 3 is 2.76 bits per heavy atom. The quantitative estimate of drug-likeness (QED) is 0.403. The van der Waals surface area contributed by atoms with Gasteiger partial charge in [-0.05, 0) is 47.8 Å². The number of aromatic nitrogens is 2. The second-order valence-electron chi connectivity index (χ2n) is 7.40. The Kier molecular flexibility index (Phi) is 4.83. The van der Waals surface area contributed by atoms with Crippen molar-refractivity contribution in [2.45, 2.75) is 56.7 Å². The summed E-state index contributed by atoms with van der Waals surface area (Å²) < 4.78 is 0. The van der Waals surface area contributed by atoms with Gasteiger partial charge in [-0.15, -0.1) is 23.1 Å². The summed E-state index contributed by atoms with van der Waals surface area (Å²) in [5.74, 6) is 2.35. The maximum absolute atomic E-state index is 4.63. The lowest BCUT2D eigenvalue weighted by Gasteiger charge is -2.18. The highest BCUT2D eigenvalue weighted by Crippen LogP contribution is 2.41. The number of hydrogen-bond donors (Lipinski definition) is 0. The van der Waals surface area contributed by atoms with Crippen LogP contribution in [-0.2, 0) is 18.6 Å². The maximum atomic E-state index is 4.63. The summed E-state index contributed by atoms with van der Waals surface area (Å²) in [5.41, 5.74) is 4.29. The smallest absolute Gasteiger partial charge is 0.128 e. The lowest BCUT2D eigenvalue weighted by atomic mass is 9.89. The van der Waals surface area contributed by atoms with Gasteiger partial charge in [0.15, 0.2) is 0 Å². The number of rotatable bonds is 4. The molecule has 0 amide bonds. The molecule has 0 spiro atoms. The minimum Gasteiger partial charge on any atom is -0.229 e. The molecule has 0 fully saturated rings. The van der Waals surface area contributed by atoms with E-state index in [9.17, 15) is 0 Å². The molecule has 1 aliphatic carbocycles. The summed E-state index contributed by atoms with van der Waals surface area (Å²) >= 11 is 3.73. The standard InChI is InChI=1S/C21H24N2S2/c1-13(2)16-7-5-15(6-8-16)11-24-20-19-17-9-4-14(3)10-18(17)25-21(19)23-12-22-20/h5-8,12-14H,4,9-11H2,1-3H3. The van der Waals surface area contributed by atoms with E-state index in [2.05, 4.69) is 55.0 Å². The summed E-state index contributed by atoms with van der Waals surface area (Å²) in [6.07, 6.45) is 5.41. The molecule has 0 aliphatic heterocycles. The zero-order valence-electron chi connectivity index (χ0n) is 15.1. The molecule has 1 unspecified atom stereocenters. The number of benzene rings is 1. The molecule has 0 saturated carbocycles. The Labute approximate surface area is 158 Å². The van der Waals surface area contributed by atoms with Gasteiger partial charge in [0.2, 0.25) is 0 Å². The molecule has 1 atom stereocenters. The van der Waals surface area contributed by atoms with Crippen molar-refractivity contribution in [3.05, 3.63) is 52.2 Å². The highest BCUT2D eigenvalue weighted by atomic mass is 32.2. The second kappa shape index (κ2) is 7.08. The van der Waals surface area contributed by atoms with Crippen molar-refractivity contribution in [3.8, 4) is 0 Å². The van der Waals surface area contributed by atoms with Crippen molar-refractivity contribution < 1.29 is 0 Å². The first-order chi connectivity index (χ1) is 12.1. The highest BCUT2D eigenvalue weighted by Gasteiger charge is 2.23. The highest BCUT2D eigenvalue weighted by molar-refractivity contribution is 7.98. The van der Waals surface area contributed by atoms with Crippen LogP contribution in [0.4, 0.5) is 0 Å². The number of hydrogen-bond acceptors (Lipinski definition) is 4. The summed E-state index contributed by atoms with van der Waals surface area (Å²) in [6.45, 7) is 6.83. The Morgan fingerprint density at radius 1 is 1.20 bits per heavy atom. The van der Waals surface area contributed by atoms with Gasteiger partial charge in [-0.25, -0.2) is 9.97 Å². The second-order valence-corrected chi connectivity index (χ2v) is 9.44. The summed E-state index contributed by atoms with van der Waals surface area (Å²) in [4.78, 5) is 11.9. The molecule has 25 heavy (non-hydrogen) atoms. The number of nitrogens with zero attached hydrogens (tertiary/aromatic N) is 2. The molecule has 0 bridgehead atoms. The van der Waals surface area contributed by atoms with Crippen molar-refractivity contribution in [3.63, 3.8) is 0 Å². The fourth-order valence-electron chi connectivity index (χ4n) is 3.51. The Hall–Kier alpha value is -1.39. The largest absolute Gasteiger partial charge is 0.229 e. The van der Waals surface area contributed by atoms with E-state index in [1.165, 1.54) is 51.0 Å². The van der Waals surface area contributed by atoms with Gasteiger partial charge in [0, 0.05) is 16.0 Å². The molecule has 1 aliphatic rings. The van der Waals surface area contributed by atoms with Crippen molar-refractivity contribution >= 4 is 33.3 Å². The van der Waals surface area contributed by atoms with Crippen LogP contribution in [0.15, 0.2) is 35.6 Å². The van der Waals surface area contributed by atoms with E-state index in [1.54, 1.807) is 6.33 Å². The summed E-state index contributed by atoms with van der Waals surface area (Å²) in [6, 6.07) is 9.02. The number of fused-ring (bicyclic) bond motifs is 3. The molecule has 0 N–H and O–H groups in total. The Morgan fingerprint density at radius 2 is 2.00 bits per heavy atom. The average Bonchev–Trinajstić information content (AvgIpc) is 2.98. The van der Waals surface area contributed by atoms with E-state index in [0.29, 0.717) is 5.92 Å². The number of aryl methyl sites for hydroxylation is 1. The van der Waals surface area contributed by atoms with Crippen LogP contribution >= 0.6 is 23.1 Å². The van der Waals surface area contributed by atoms with Gasteiger partial charge >= 0.3 is 0 Å². The van der Waals surface area contributed by atoms with Gasteiger partial charge in [0.25, 0.3) is 0 Å². The topological polar surface area (TPSA) is 25.8 Å². The molecule has 3 aromatic rings. The maximum Gasteiger partial charge on any atom is 0.128 e. The van der Waals surface area contributed by atoms with Gasteiger partial charge in [0.05, 0.1) is 0 Å². The number of thioether (sulfide) groups is 1. The van der Waals surface area contributed by atoms with Gasteiger partial charge in [-0.1, -0.05) is 45.0 Å². The third-order valence-electron chi connectivity index (χ3n) is 5.08. The van der Waals surface area contributed by atoms with Crippen LogP contribution < -0.4 is 0 Å². The summed E-state index contributed by atoms with van der Waals surface area (Å²) in [7, 11) is 0. The molecule has 2 aromatic heterocycles. The lowest BCUT2D eigenvalue weighted by molar-refractivity contribution is 0.509. The van der Waals surface area contributed by atoms with Crippen LogP contribution in [0.3, 0.4) is 0 Å². The first-order valence-electron chi connectivity index (χ1n) is 9.08. The van der Waals surface area contributed by atoms with E-state index < -0.39 is 0 Å². The SMILES string of the molecule is CC1CCc2c(sc3ncnc(SCc4ccc(C(C)C)cc4)c23)C1. The van der Waals surface area contributed by atoms with E-state index in [-0.39, 0.29) is 0 Å². The monoisotopic (exact) mass is 368 g/mol. The molecular weight excluding hydrogens is 344 g/mol. The van der Waals surface area contributed by atoms with E-state index in [1.807, 2.05) is 23.1 Å². The molecule has 2 nitrogen and oxygen atoms in total. The van der Waals surface area contributed by atoms with E-state index in [0.717, 1.165) is 16.7 Å². The predicted octanol–water partition coefficient (Wildman–Crippen LogP) is 6.23. The zero-order chi connectivity index (χ0) is 17.4. The molecule has 4 rings (SSSR count). The zero-order valence-corrected chi connectivity index (χ0v) is 16.7. The van der Waals surface area contributed by atoms with Crippen molar-refractivity contribution in [2.24, 2.45) is 5.92 Å². The molecule has 1 aromatic carbocycles. The van der Waals surface area contributed by atoms with Crippen molar-refractivity contribution in [2.75, 3.05) is 0 Å². The third-order valence-corrected chi connectivity index (χ3v) is 7.30. The molecular formula is C21H24N2S2. The van der Waals surface area contributed by atoms with Gasteiger partial charge in [-0.3, -0.25) is 0 Å².